The number of ether oxygens (including phenoxy) is 4. The second-order valence-corrected chi connectivity index (χ2v) is 5.99. The van der Waals surface area contributed by atoms with Crippen molar-refractivity contribution in [1.29, 1.82) is 0 Å². The summed E-state index contributed by atoms with van der Waals surface area (Å²) in [5, 5.41) is 2.99. The van der Waals surface area contributed by atoms with Crippen LogP contribution in [0.25, 0.3) is 0 Å². The Morgan fingerprint density at radius 3 is 2.38 bits per heavy atom. The van der Waals surface area contributed by atoms with Crippen molar-refractivity contribution in [2.75, 3.05) is 12.1 Å². The average Bonchev–Trinajstić information content (AvgIpc) is 2.92. The molecule has 0 aromatic heterocycles. The molecular weight excluding hydrogens is 314 g/mol. The summed E-state index contributed by atoms with van der Waals surface area (Å²) in [4.78, 5) is 23.9. The van der Waals surface area contributed by atoms with Crippen LogP contribution in [0.5, 0.6) is 11.5 Å². The van der Waals surface area contributed by atoms with E-state index in [9.17, 15) is 9.59 Å². The van der Waals surface area contributed by atoms with Crippen LogP contribution in [0.3, 0.4) is 0 Å². The summed E-state index contributed by atoms with van der Waals surface area (Å²) in [5.74, 6) is -1.39. The quantitative estimate of drug-likeness (QED) is 0.515. The zero-order chi connectivity index (χ0) is 17.3. The van der Waals surface area contributed by atoms with Crippen molar-refractivity contribution in [2.45, 2.75) is 39.4 Å². The molecule has 24 heavy (non-hydrogen) atoms. The van der Waals surface area contributed by atoms with Gasteiger partial charge in [-0.05, 0) is 18.1 Å². The van der Waals surface area contributed by atoms with E-state index in [0.29, 0.717) is 11.5 Å². The van der Waals surface area contributed by atoms with Gasteiger partial charge < -0.3 is 24.3 Å². The number of carbonyl (C=O) groups excluding carboxylic acids is 2. The number of hydrogen-bond donors (Lipinski definition) is 1. The summed E-state index contributed by atoms with van der Waals surface area (Å²) >= 11 is 0. The predicted octanol–water partition coefficient (Wildman–Crippen LogP) is 2.50. The fourth-order valence-electron chi connectivity index (χ4n) is 2.52. The topological polar surface area (TPSA) is 83.1 Å². The van der Waals surface area contributed by atoms with E-state index in [0.717, 1.165) is 24.1 Å². The van der Waals surface area contributed by atoms with Gasteiger partial charge in [0.15, 0.2) is 17.1 Å². The van der Waals surface area contributed by atoms with Crippen molar-refractivity contribution in [3.63, 3.8) is 0 Å². The Balaban J connectivity index is 1.86. The van der Waals surface area contributed by atoms with Gasteiger partial charge in [0.1, 0.15) is 0 Å². The van der Waals surface area contributed by atoms with Crippen LogP contribution in [0, 0.1) is 0 Å². The molecule has 0 saturated carbocycles. The van der Waals surface area contributed by atoms with E-state index in [4.69, 9.17) is 18.9 Å². The fourth-order valence-corrected chi connectivity index (χ4v) is 2.52. The van der Waals surface area contributed by atoms with Crippen LogP contribution in [-0.2, 0) is 25.5 Å². The zero-order valence-electron chi connectivity index (χ0n) is 13.8. The molecular formula is C17H19NO6. The molecule has 128 valence electrons. The van der Waals surface area contributed by atoms with Crippen molar-refractivity contribution in [1.82, 2.24) is 0 Å². The van der Waals surface area contributed by atoms with Gasteiger partial charge in [-0.3, -0.25) is 0 Å². The first-order valence-corrected chi connectivity index (χ1v) is 7.75. The predicted molar refractivity (Wildman–Crippen MR) is 84.5 cm³/mol. The van der Waals surface area contributed by atoms with Crippen LogP contribution in [0.2, 0.25) is 0 Å². The van der Waals surface area contributed by atoms with E-state index >= 15 is 0 Å². The van der Waals surface area contributed by atoms with Gasteiger partial charge in [-0.2, -0.15) is 0 Å². The molecule has 1 saturated heterocycles. The third-order valence-corrected chi connectivity index (χ3v) is 3.61. The summed E-state index contributed by atoms with van der Waals surface area (Å²) in [6.45, 7) is 5.25. The Hall–Kier alpha value is -2.70. The second-order valence-electron chi connectivity index (χ2n) is 5.99. The molecule has 1 N–H and O–H groups in total. The first kappa shape index (κ1) is 16.2. The molecule has 0 aliphatic carbocycles. The van der Waals surface area contributed by atoms with Crippen LogP contribution < -0.4 is 14.8 Å². The van der Waals surface area contributed by atoms with Crippen molar-refractivity contribution in [2.24, 2.45) is 0 Å². The molecule has 3 rings (SSSR count). The van der Waals surface area contributed by atoms with Crippen LogP contribution >= 0.6 is 0 Å². The van der Waals surface area contributed by atoms with Gasteiger partial charge in [-0.1, -0.05) is 13.3 Å². The number of nitrogens with one attached hydrogen (secondary N) is 1. The lowest BCUT2D eigenvalue weighted by Gasteiger charge is -2.29. The largest absolute Gasteiger partial charge is 0.454 e. The number of anilines is 1. The molecule has 0 atom stereocenters. The normalized spacial score (nSPS) is 18.0. The van der Waals surface area contributed by atoms with E-state index in [1.54, 1.807) is 6.07 Å². The lowest BCUT2D eigenvalue weighted by atomic mass is 10.1. The molecule has 2 aliphatic rings. The van der Waals surface area contributed by atoms with Gasteiger partial charge in [-0.25, -0.2) is 9.59 Å². The number of carbonyl (C=O) groups is 2. The number of esters is 2. The number of benzene rings is 1. The van der Waals surface area contributed by atoms with Crippen LogP contribution in [0.15, 0.2) is 23.9 Å². The minimum Gasteiger partial charge on any atom is -0.454 e. The molecule has 7 heteroatoms. The third kappa shape index (κ3) is 3.15. The molecule has 0 amide bonds. The van der Waals surface area contributed by atoms with Gasteiger partial charge in [0.25, 0.3) is 5.79 Å². The van der Waals surface area contributed by atoms with E-state index in [1.807, 2.05) is 6.07 Å². The number of cyclic esters (lactones) is 2. The van der Waals surface area contributed by atoms with Crippen molar-refractivity contribution in [3.8, 4) is 11.5 Å². The van der Waals surface area contributed by atoms with Crippen molar-refractivity contribution in [3.05, 3.63) is 29.5 Å². The molecule has 0 unspecified atom stereocenters. The third-order valence-electron chi connectivity index (χ3n) is 3.61. The highest BCUT2D eigenvalue weighted by Crippen LogP contribution is 2.37. The SMILES string of the molecule is CCCc1cc2c(cc1NC=C1C(=O)OC(C)(C)OC1=O)OCO2. The fraction of sp³-hybridized carbons (Fsp3) is 0.412. The van der Waals surface area contributed by atoms with Gasteiger partial charge in [-0.15, -0.1) is 0 Å². The van der Waals surface area contributed by atoms with Gasteiger partial charge in [0, 0.05) is 31.8 Å². The Bertz CT molecular complexity index is 700. The molecule has 0 bridgehead atoms. The van der Waals surface area contributed by atoms with E-state index in [-0.39, 0.29) is 12.4 Å². The Labute approximate surface area is 139 Å². The van der Waals surface area contributed by atoms with Crippen molar-refractivity contribution >= 4 is 17.6 Å². The first-order chi connectivity index (χ1) is 11.4. The minimum absolute atomic E-state index is 0.180. The maximum atomic E-state index is 12.0. The molecule has 0 spiro atoms. The van der Waals surface area contributed by atoms with Crippen molar-refractivity contribution < 1.29 is 28.5 Å². The maximum absolute atomic E-state index is 12.0. The molecule has 7 nitrogen and oxygen atoms in total. The number of hydrogen-bond acceptors (Lipinski definition) is 7. The molecule has 1 fully saturated rings. The van der Waals surface area contributed by atoms with Crippen LogP contribution in [0.4, 0.5) is 5.69 Å². The zero-order valence-corrected chi connectivity index (χ0v) is 13.8. The van der Waals surface area contributed by atoms with E-state index in [1.165, 1.54) is 20.0 Å². The summed E-state index contributed by atoms with van der Waals surface area (Å²) < 4.78 is 20.9. The lowest BCUT2D eigenvalue weighted by Crippen LogP contribution is -2.42. The Kier molecular flexibility index (Phi) is 4.09. The standard InChI is InChI=1S/C17H19NO6/c1-4-5-10-6-13-14(22-9-21-13)7-12(10)18-8-11-15(19)23-17(2,3)24-16(11)20/h6-8,18H,4-5,9H2,1-3H3. The summed E-state index contributed by atoms with van der Waals surface area (Å²) in [7, 11) is 0. The van der Waals surface area contributed by atoms with E-state index < -0.39 is 17.7 Å². The maximum Gasteiger partial charge on any atom is 0.350 e. The number of fused-ring (bicyclic) bond motifs is 1. The first-order valence-electron chi connectivity index (χ1n) is 7.75. The molecule has 0 radical (unpaired) electrons. The lowest BCUT2D eigenvalue weighted by molar-refractivity contribution is -0.222. The number of rotatable bonds is 4. The smallest absolute Gasteiger partial charge is 0.350 e. The van der Waals surface area contributed by atoms with Gasteiger partial charge in [0.05, 0.1) is 0 Å². The monoisotopic (exact) mass is 333 g/mol. The van der Waals surface area contributed by atoms with Gasteiger partial charge >= 0.3 is 11.9 Å². The van der Waals surface area contributed by atoms with Crippen LogP contribution in [0.1, 0.15) is 32.8 Å². The molecule has 2 aliphatic heterocycles. The summed E-state index contributed by atoms with van der Waals surface area (Å²) in [5.41, 5.74) is 1.55. The highest BCUT2D eigenvalue weighted by molar-refractivity contribution is 6.15. The second kappa shape index (κ2) is 6.07. The molecule has 1 aromatic rings. The number of aryl methyl sites for hydroxylation is 1. The summed E-state index contributed by atoms with van der Waals surface area (Å²) in [6, 6.07) is 3.68. The Morgan fingerprint density at radius 1 is 1.12 bits per heavy atom. The summed E-state index contributed by atoms with van der Waals surface area (Å²) in [6.07, 6.45) is 3.05. The molecule has 2 heterocycles. The minimum atomic E-state index is -1.25. The average molecular weight is 333 g/mol. The highest BCUT2D eigenvalue weighted by atomic mass is 16.7. The molecule has 1 aromatic carbocycles. The van der Waals surface area contributed by atoms with E-state index in [2.05, 4.69) is 12.2 Å². The van der Waals surface area contributed by atoms with Crippen LogP contribution in [-0.4, -0.2) is 24.5 Å². The van der Waals surface area contributed by atoms with Gasteiger partial charge in [0.2, 0.25) is 6.79 Å². The highest BCUT2D eigenvalue weighted by Gasteiger charge is 2.39. The Morgan fingerprint density at radius 2 is 1.75 bits per heavy atom.